The smallest absolute Gasteiger partial charge is 0.140 e. The molecule has 0 unspecified atom stereocenters. The predicted molar refractivity (Wildman–Crippen MR) is 76.2 cm³/mol. The highest BCUT2D eigenvalue weighted by molar-refractivity contribution is 5.29. The summed E-state index contributed by atoms with van der Waals surface area (Å²) in [7, 11) is 0. The van der Waals surface area contributed by atoms with Crippen LogP contribution < -0.4 is 10.1 Å². The second-order valence-electron chi connectivity index (χ2n) is 4.92. The van der Waals surface area contributed by atoms with Crippen molar-refractivity contribution in [1.82, 2.24) is 10.3 Å². The molecule has 0 bridgehead atoms. The Bertz CT molecular complexity index is 350. The van der Waals surface area contributed by atoms with Crippen LogP contribution in [-0.4, -0.2) is 24.2 Å². The lowest BCUT2D eigenvalue weighted by atomic mass is 10.2. The monoisotopic (exact) mass is 250 g/mol. The Morgan fingerprint density at radius 1 is 1.28 bits per heavy atom. The summed E-state index contributed by atoms with van der Waals surface area (Å²) in [5, 5.41) is 3.41. The van der Waals surface area contributed by atoms with E-state index < -0.39 is 0 Å². The summed E-state index contributed by atoms with van der Waals surface area (Å²) in [6.45, 7) is 10.3. The summed E-state index contributed by atoms with van der Waals surface area (Å²) in [4.78, 5) is 4.49. The van der Waals surface area contributed by atoms with Gasteiger partial charge in [-0.05, 0) is 44.9 Å². The zero-order valence-corrected chi connectivity index (χ0v) is 12.1. The van der Waals surface area contributed by atoms with Crippen LogP contribution in [0, 0.1) is 6.92 Å². The van der Waals surface area contributed by atoms with E-state index in [1.807, 2.05) is 19.1 Å². The molecule has 1 aromatic heterocycles. The first kappa shape index (κ1) is 15.0. The number of unbranched alkanes of at least 4 members (excludes halogenated alkanes) is 1. The van der Waals surface area contributed by atoms with Crippen LogP contribution in [0.15, 0.2) is 12.1 Å². The molecular formula is C15H26N2O. The van der Waals surface area contributed by atoms with E-state index in [0.29, 0.717) is 6.04 Å². The van der Waals surface area contributed by atoms with Crippen molar-refractivity contribution in [2.24, 2.45) is 0 Å². The standard InChI is InChI=1S/C15H26N2O/c1-5-14-15(9-8-13(4)17-14)18-11-7-6-10-16-12(2)3/h8-9,12,16H,5-7,10-11H2,1-4H3. The van der Waals surface area contributed by atoms with Crippen molar-refractivity contribution in [3.05, 3.63) is 23.5 Å². The van der Waals surface area contributed by atoms with E-state index in [1.54, 1.807) is 0 Å². The van der Waals surface area contributed by atoms with Gasteiger partial charge in [-0.1, -0.05) is 20.8 Å². The second kappa shape index (κ2) is 8.09. The Labute approximate surface area is 111 Å². The summed E-state index contributed by atoms with van der Waals surface area (Å²) < 4.78 is 5.80. The van der Waals surface area contributed by atoms with Gasteiger partial charge in [0.1, 0.15) is 5.75 Å². The number of nitrogens with zero attached hydrogens (tertiary/aromatic N) is 1. The second-order valence-corrected chi connectivity index (χ2v) is 4.92. The van der Waals surface area contributed by atoms with Crippen LogP contribution in [0.25, 0.3) is 0 Å². The lowest BCUT2D eigenvalue weighted by Crippen LogP contribution is -2.23. The average molecular weight is 250 g/mol. The lowest BCUT2D eigenvalue weighted by molar-refractivity contribution is 0.300. The highest BCUT2D eigenvalue weighted by Crippen LogP contribution is 2.17. The van der Waals surface area contributed by atoms with Crippen molar-refractivity contribution < 1.29 is 4.74 Å². The van der Waals surface area contributed by atoms with Gasteiger partial charge in [0.05, 0.1) is 12.3 Å². The zero-order valence-electron chi connectivity index (χ0n) is 12.1. The zero-order chi connectivity index (χ0) is 13.4. The van der Waals surface area contributed by atoms with E-state index in [4.69, 9.17) is 4.74 Å². The van der Waals surface area contributed by atoms with Crippen molar-refractivity contribution in [3.63, 3.8) is 0 Å². The molecule has 1 N–H and O–H groups in total. The molecule has 0 spiro atoms. The third kappa shape index (κ3) is 5.50. The Morgan fingerprint density at radius 3 is 2.72 bits per heavy atom. The van der Waals surface area contributed by atoms with Crippen molar-refractivity contribution in [2.45, 2.75) is 53.0 Å². The van der Waals surface area contributed by atoms with Gasteiger partial charge in [0, 0.05) is 11.7 Å². The number of hydrogen-bond donors (Lipinski definition) is 1. The van der Waals surface area contributed by atoms with Crippen molar-refractivity contribution in [1.29, 1.82) is 0 Å². The minimum absolute atomic E-state index is 0.568. The molecule has 0 atom stereocenters. The number of pyridine rings is 1. The van der Waals surface area contributed by atoms with Crippen LogP contribution in [0.2, 0.25) is 0 Å². The number of aryl methyl sites for hydroxylation is 2. The van der Waals surface area contributed by atoms with Gasteiger partial charge < -0.3 is 10.1 Å². The fourth-order valence-electron chi connectivity index (χ4n) is 1.78. The fraction of sp³-hybridized carbons (Fsp3) is 0.667. The molecule has 0 amide bonds. The van der Waals surface area contributed by atoms with Gasteiger partial charge in [-0.2, -0.15) is 0 Å². The molecule has 0 aliphatic heterocycles. The first-order valence-corrected chi connectivity index (χ1v) is 6.96. The molecule has 3 heteroatoms. The number of hydrogen-bond acceptors (Lipinski definition) is 3. The summed E-state index contributed by atoms with van der Waals surface area (Å²) in [5.41, 5.74) is 2.12. The summed E-state index contributed by atoms with van der Waals surface area (Å²) >= 11 is 0. The first-order chi connectivity index (χ1) is 8.63. The van der Waals surface area contributed by atoms with Crippen LogP contribution in [-0.2, 0) is 6.42 Å². The van der Waals surface area contributed by atoms with Gasteiger partial charge in [-0.25, -0.2) is 0 Å². The van der Waals surface area contributed by atoms with Crippen LogP contribution in [0.1, 0.15) is 45.0 Å². The van der Waals surface area contributed by atoms with Crippen LogP contribution in [0.5, 0.6) is 5.75 Å². The molecule has 1 aromatic rings. The molecule has 1 rings (SSSR count). The number of ether oxygens (including phenoxy) is 1. The molecule has 0 aromatic carbocycles. The van der Waals surface area contributed by atoms with Crippen molar-refractivity contribution in [3.8, 4) is 5.75 Å². The number of aromatic nitrogens is 1. The SMILES string of the molecule is CCc1nc(C)ccc1OCCCCNC(C)C. The fourth-order valence-corrected chi connectivity index (χ4v) is 1.78. The molecule has 0 aliphatic carbocycles. The van der Waals surface area contributed by atoms with Crippen LogP contribution in [0.3, 0.4) is 0 Å². The Balaban J connectivity index is 2.27. The maximum absolute atomic E-state index is 5.80. The lowest BCUT2D eigenvalue weighted by Gasteiger charge is -2.11. The van der Waals surface area contributed by atoms with E-state index in [-0.39, 0.29) is 0 Å². The predicted octanol–water partition coefficient (Wildman–Crippen LogP) is 3.11. The van der Waals surface area contributed by atoms with Gasteiger partial charge >= 0.3 is 0 Å². The average Bonchev–Trinajstić information content (AvgIpc) is 2.34. The minimum atomic E-state index is 0.568. The molecule has 0 saturated heterocycles. The van der Waals surface area contributed by atoms with E-state index in [0.717, 1.165) is 49.6 Å². The van der Waals surface area contributed by atoms with Crippen LogP contribution >= 0.6 is 0 Å². The number of nitrogens with one attached hydrogen (secondary N) is 1. The molecule has 3 nitrogen and oxygen atoms in total. The van der Waals surface area contributed by atoms with E-state index >= 15 is 0 Å². The van der Waals surface area contributed by atoms with E-state index in [2.05, 4.69) is 31.1 Å². The van der Waals surface area contributed by atoms with Gasteiger partial charge in [-0.15, -0.1) is 0 Å². The third-order valence-electron chi connectivity index (χ3n) is 2.79. The summed E-state index contributed by atoms with van der Waals surface area (Å²) in [6.07, 6.45) is 3.15. The van der Waals surface area contributed by atoms with Crippen LogP contribution in [0.4, 0.5) is 0 Å². The molecular weight excluding hydrogens is 224 g/mol. The minimum Gasteiger partial charge on any atom is -0.492 e. The van der Waals surface area contributed by atoms with E-state index in [1.165, 1.54) is 0 Å². The summed E-state index contributed by atoms with van der Waals surface area (Å²) in [5.74, 6) is 0.944. The topological polar surface area (TPSA) is 34.1 Å². The Kier molecular flexibility index (Phi) is 6.73. The number of rotatable bonds is 8. The third-order valence-corrected chi connectivity index (χ3v) is 2.79. The first-order valence-electron chi connectivity index (χ1n) is 6.96. The van der Waals surface area contributed by atoms with Gasteiger partial charge in [-0.3, -0.25) is 4.98 Å². The maximum Gasteiger partial charge on any atom is 0.140 e. The highest BCUT2D eigenvalue weighted by Gasteiger charge is 2.03. The molecule has 18 heavy (non-hydrogen) atoms. The van der Waals surface area contributed by atoms with E-state index in [9.17, 15) is 0 Å². The molecule has 102 valence electrons. The van der Waals surface area contributed by atoms with Gasteiger partial charge in [0.15, 0.2) is 0 Å². The molecule has 0 aliphatic rings. The molecule has 0 radical (unpaired) electrons. The van der Waals surface area contributed by atoms with Crippen molar-refractivity contribution >= 4 is 0 Å². The molecule has 0 saturated carbocycles. The Morgan fingerprint density at radius 2 is 2.06 bits per heavy atom. The molecule has 1 heterocycles. The van der Waals surface area contributed by atoms with Gasteiger partial charge in [0.2, 0.25) is 0 Å². The maximum atomic E-state index is 5.80. The normalized spacial score (nSPS) is 10.9. The van der Waals surface area contributed by atoms with Gasteiger partial charge in [0.25, 0.3) is 0 Å². The quantitative estimate of drug-likeness (QED) is 0.720. The molecule has 0 fully saturated rings. The van der Waals surface area contributed by atoms with Crippen molar-refractivity contribution in [2.75, 3.05) is 13.2 Å². The largest absolute Gasteiger partial charge is 0.492 e. The summed E-state index contributed by atoms with van der Waals surface area (Å²) in [6, 6.07) is 4.61. The highest BCUT2D eigenvalue weighted by atomic mass is 16.5. The Hall–Kier alpha value is -1.09.